The smallest absolute Gasteiger partial charge is 0.326 e. The van der Waals surface area contributed by atoms with Crippen molar-refractivity contribution in [3.8, 4) is 17.0 Å². The number of hydrogen-bond acceptors (Lipinski definition) is 6. The summed E-state index contributed by atoms with van der Waals surface area (Å²) in [6, 6.07) is 7.54. The molecule has 0 bridgehead atoms. The lowest BCUT2D eigenvalue weighted by atomic mass is 10.1. The van der Waals surface area contributed by atoms with Crippen LogP contribution in [-0.4, -0.2) is 39.2 Å². The molecule has 0 fully saturated rings. The maximum Gasteiger partial charge on any atom is 0.326 e. The van der Waals surface area contributed by atoms with Crippen molar-refractivity contribution in [1.82, 2.24) is 19.5 Å². The number of ether oxygens (including phenoxy) is 2. The molecule has 0 saturated carbocycles. The second kappa shape index (κ2) is 6.43. The number of fused-ring (bicyclic) bond motifs is 1. The summed E-state index contributed by atoms with van der Waals surface area (Å²) in [7, 11) is 1.62. The van der Waals surface area contributed by atoms with E-state index in [1.165, 1.54) is 6.33 Å². The Labute approximate surface area is 132 Å². The first-order valence-corrected chi connectivity index (χ1v) is 7.18. The standard InChI is InChI=1S/C16H16N4O3/c1-3-23-13(21)8-20-10-19-15-14(17-9-18-16(15)20)11-4-6-12(22-2)7-5-11/h4-7,9-10H,3,8H2,1-2H3. The maximum atomic E-state index is 11.7. The minimum atomic E-state index is -0.323. The molecule has 0 amide bonds. The van der Waals surface area contributed by atoms with Crippen LogP contribution in [0.3, 0.4) is 0 Å². The number of hydrogen-bond donors (Lipinski definition) is 0. The molecule has 2 aromatic heterocycles. The zero-order chi connectivity index (χ0) is 16.2. The number of esters is 1. The van der Waals surface area contributed by atoms with Crippen LogP contribution in [0, 0.1) is 0 Å². The number of methoxy groups -OCH3 is 1. The van der Waals surface area contributed by atoms with Crippen LogP contribution in [0.1, 0.15) is 6.92 Å². The number of aromatic nitrogens is 4. The minimum Gasteiger partial charge on any atom is -0.497 e. The van der Waals surface area contributed by atoms with Gasteiger partial charge in [-0.15, -0.1) is 0 Å². The zero-order valence-corrected chi connectivity index (χ0v) is 12.9. The first kappa shape index (κ1) is 15.0. The van der Waals surface area contributed by atoms with E-state index in [0.29, 0.717) is 23.5 Å². The molecule has 0 N–H and O–H groups in total. The summed E-state index contributed by atoms with van der Waals surface area (Å²) >= 11 is 0. The predicted octanol–water partition coefficient (Wildman–Crippen LogP) is 2.06. The Balaban J connectivity index is 1.99. The van der Waals surface area contributed by atoms with E-state index in [1.807, 2.05) is 24.3 Å². The highest BCUT2D eigenvalue weighted by Gasteiger charge is 2.14. The SMILES string of the molecule is CCOC(=O)Cn1cnc2c(-c3ccc(OC)cc3)ncnc21. The first-order chi connectivity index (χ1) is 11.2. The van der Waals surface area contributed by atoms with Gasteiger partial charge in [0.1, 0.15) is 29.8 Å². The van der Waals surface area contributed by atoms with Crippen molar-refractivity contribution < 1.29 is 14.3 Å². The van der Waals surface area contributed by atoms with Crippen molar-refractivity contribution in [2.24, 2.45) is 0 Å². The normalized spacial score (nSPS) is 10.7. The Bertz CT molecular complexity index is 827. The zero-order valence-electron chi connectivity index (χ0n) is 12.9. The molecule has 7 heteroatoms. The van der Waals surface area contributed by atoms with Gasteiger partial charge in [-0.1, -0.05) is 0 Å². The summed E-state index contributed by atoms with van der Waals surface area (Å²) in [6.07, 6.45) is 3.04. The summed E-state index contributed by atoms with van der Waals surface area (Å²) < 4.78 is 11.8. The van der Waals surface area contributed by atoms with Crippen molar-refractivity contribution in [3.63, 3.8) is 0 Å². The molecule has 23 heavy (non-hydrogen) atoms. The minimum absolute atomic E-state index is 0.0728. The Morgan fingerprint density at radius 3 is 2.65 bits per heavy atom. The van der Waals surface area contributed by atoms with Crippen molar-refractivity contribution in [1.29, 1.82) is 0 Å². The second-order valence-corrected chi connectivity index (χ2v) is 4.80. The third kappa shape index (κ3) is 2.98. The van der Waals surface area contributed by atoms with E-state index in [0.717, 1.165) is 11.3 Å². The topological polar surface area (TPSA) is 79.1 Å². The number of imidazole rings is 1. The number of benzene rings is 1. The van der Waals surface area contributed by atoms with Gasteiger partial charge in [-0.3, -0.25) is 4.79 Å². The lowest BCUT2D eigenvalue weighted by Crippen LogP contribution is -2.13. The van der Waals surface area contributed by atoms with Gasteiger partial charge in [-0.2, -0.15) is 0 Å². The van der Waals surface area contributed by atoms with Gasteiger partial charge in [0, 0.05) is 5.56 Å². The van der Waals surface area contributed by atoms with Crippen LogP contribution in [0.15, 0.2) is 36.9 Å². The summed E-state index contributed by atoms with van der Waals surface area (Å²) in [5.41, 5.74) is 2.85. The molecule has 1 aromatic carbocycles. The van der Waals surface area contributed by atoms with E-state index in [2.05, 4.69) is 15.0 Å². The van der Waals surface area contributed by atoms with Gasteiger partial charge in [0.15, 0.2) is 5.65 Å². The van der Waals surface area contributed by atoms with Crippen molar-refractivity contribution in [3.05, 3.63) is 36.9 Å². The predicted molar refractivity (Wildman–Crippen MR) is 83.9 cm³/mol. The summed E-state index contributed by atoms with van der Waals surface area (Å²) in [4.78, 5) is 24.5. The number of nitrogens with zero attached hydrogens (tertiary/aromatic N) is 4. The summed E-state index contributed by atoms with van der Waals surface area (Å²) in [5, 5.41) is 0. The molecule has 0 spiro atoms. The highest BCUT2D eigenvalue weighted by atomic mass is 16.5. The average Bonchev–Trinajstić information content (AvgIpc) is 2.98. The van der Waals surface area contributed by atoms with Crippen LogP contribution in [-0.2, 0) is 16.1 Å². The second-order valence-electron chi connectivity index (χ2n) is 4.80. The largest absolute Gasteiger partial charge is 0.497 e. The Morgan fingerprint density at radius 2 is 1.96 bits per heavy atom. The molecule has 3 aromatic rings. The first-order valence-electron chi connectivity index (χ1n) is 7.18. The molecule has 0 radical (unpaired) electrons. The van der Waals surface area contributed by atoms with Crippen molar-refractivity contribution in [2.45, 2.75) is 13.5 Å². The van der Waals surface area contributed by atoms with E-state index in [-0.39, 0.29) is 12.5 Å². The molecule has 0 saturated heterocycles. The lowest BCUT2D eigenvalue weighted by molar-refractivity contribution is -0.143. The fourth-order valence-corrected chi connectivity index (χ4v) is 2.30. The summed E-state index contributed by atoms with van der Waals surface area (Å²) in [5.74, 6) is 0.448. The van der Waals surface area contributed by atoms with Crippen molar-refractivity contribution >= 4 is 17.1 Å². The maximum absolute atomic E-state index is 11.7. The van der Waals surface area contributed by atoms with E-state index in [1.54, 1.807) is 24.9 Å². The quantitative estimate of drug-likeness (QED) is 0.671. The molecule has 0 aliphatic heterocycles. The van der Waals surface area contributed by atoms with Crippen molar-refractivity contribution in [2.75, 3.05) is 13.7 Å². The molecule has 118 valence electrons. The Kier molecular flexibility index (Phi) is 4.18. The van der Waals surface area contributed by atoms with Crippen LogP contribution in [0.25, 0.3) is 22.4 Å². The van der Waals surface area contributed by atoms with Crippen LogP contribution in [0.5, 0.6) is 5.75 Å². The van der Waals surface area contributed by atoms with Crippen LogP contribution in [0.4, 0.5) is 0 Å². The molecule has 7 nitrogen and oxygen atoms in total. The monoisotopic (exact) mass is 312 g/mol. The molecule has 2 heterocycles. The molecule has 0 aliphatic carbocycles. The lowest BCUT2D eigenvalue weighted by Gasteiger charge is -2.05. The fraction of sp³-hybridized carbons (Fsp3) is 0.250. The third-order valence-corrected chi connectivity index (χ3v) is 3.37. The molecule has 0 aliphatic rings. The number of rotatable bonds is 5. The Hall–Kier alpha value is -2.96. The van der Waals surface area contributed by atoms with E-state index < -0.39 is 0 Å². The molecule has 0 unspecified atom stereocenters. The van der Waals surface area contributed by atoms with Gasteiger partial charge in [-0.05, 0) is 31.2 Å². The van der Waals surface area contributed by atoms with Gasteiger partial charge < -0.3 is 14.0 Å². The van der Waals surface area contributed by atoms with Crippen LogP contribution < -0.4 is 4.74 Å². The Morgan fingerprint density at radius 1 is 1.17 bits per heavy atom. The van der Waals surface area contributed by atoms with E-state index >= 15 is 0 Å². The fourth-order valence-electron chi connectivity index (χ4n) is 2.30. The van der Waals surface area contributed by atoms with Gasteiger partial charge in [0.25, 0.3) is 0 Å². The van der Waals surface area contributed by atoms with Gasteiger partial charge in [0.2, 0.25) is 0 Å². The van der Waals surface area contributed by atoms with E-state index in [4.69, 9.17) is 9.47 Å². The highest BCUT2D eigenvalue weighted by Crippen LogP contribution is 2.25. The molecule has 3 rings (SSSR count). The number of carbonyl (C=O) groups excluding carboxylic acids is 1. The molecular weight excluding hydrogens is 296 g/mol. The average molecular weight is 312 g/mol. The molecular formula is C16H16N4O3. The van der Waals surface area contributed by atoms with E-state index in [9.17, 15) is 4.79 Å². The number of carbonyl (C=O) groups is 1. The van der Waals surface area contributed by atoms with Gasteiger partial charge >= 0.3 is 5.97 Å². The summed E-state index contributed by atoms with van der Waals surface area (Å²) in [6.45, 7) is 2.19. The van der Waals surface area contributed by atoms with Crippen LogP contribution >= 0.6 is 0 Å². The highest BCUT2D eigenvalue weighted by molar-refractivity contribution is 5.87. The van der Waals surface area contributed by atoms with Gasteiger partial charge in [0.05, 0.1) is 20.0 Å². The third-order valence-electron chi connectivity index (χ3n) is 3.37. The molecule has 0 atom stereocenters. The van der Waals surface area contributed by atoms with Crippen LogP contribution in [0.2, 0.25) is 0 Å². The van der Waals surface area contributed by atoms with Gasteiger partial charge in [-0.25, -0.2) is 15.0 Å².